The molecule has 0 N–H and O–H groups in total. The summed E-state index contributed by atoms with van der Waals surface area (Å²) in [5.41, 5.74) is 0. The molecule has 0 saturated heterocycles. The molecule has 1 heterocycles. The van der Waals surface area contributed by atoms with E-state index >= 15 is 0 Å². The van der Waals surface area contributed by atoms with Crippen LogP contribution in [0, 0.1) is 0 Å². The minimum atomic E-state index is 0.762. The molecule has 0 bridgehead atoms. The summed E-state index contributed by atoms with van der Waals surface area (Å²) in [4.78, 5) is 0. The van der Waals surface area contributed by atoms with Crippen LogP contribution in [-0.2, 0) is 11.2 Å². The van der Waals surface area contributed by atoms with E-state index in [1.807, 2.05) is 7.05 Å². The lowest BCUT2D eigenvalue weighted by atomic mass is 11.1. The van der Waals surface area contributed by atoms with Gasteiger partial charge in [0.1, 0.15) is 6.33 Å². The molecule has 0 saturated carbocycles. The highest BCUT2D eigenvalue weighted by Gasteiger charge is 1.97. The quantitative estimate of drug-likeness (QED) is 0.567. The van der Waals surface area contributed by atoms with Crippen LogP contribution in [0.2, 0.25) is 0 Å². The van der Waals surface area contributed by atoms with E-state index in [4.69, 9.17) is 4.18 Å². The van der Waals surface area contributed by atoms with Crippen molar-refractivity contribution in [2.75, 3.05) is 7.11 Å². The van der Waals surface area contributed by atoms with E-state index in [9.17, 15) is 0 Å². The Bertz CT molecular complexity index is 188. The third kappa shape index (κ3) is 1.43. The first-order valence-corrected chi connectivity index (χ1v) is 3.13. The van der Waals surface area contributed by atoms with Crippen molar-refractivity contribution < 1.29 is 4.18 Å². The second kappa shape index (κ2) is 2.84. The standard InChI is InChI=1S/C4H7N3OS/c1-7-3-5-6-4(7)9-8-2/h3H,1-2H3. The van der Waals surface area contributed by atoms with Gasteiger partial charge in [0, 0.05) is 7.05 Å². The van der Waals surface area contributed by atoms with E-state index in [1.54, 1.807) is 18.0 Å². The smallest absolute Gasteiger partial charge is 0.217 e. The molecule has 0 amide bonds. The van der Waals surface area contributed by atoms with Gasteiger partial charge in [-0.05, 0) is 0 Å². The van der Waals surface area contributed by atoms with Gasteiger partial charge in [0.2, 0.25) is 5.16 Å². The summed E-state index contributed by atoms with van der Waals surface area (Å²) < 4.78 is 6.55. The molecule has 4 nitrogen and oxygen atoms in total. The summed E-state index contributed by atoms with van der Waals surface area (Å²) in [6.45, 7) is 0. The summed E-state index contributed by atoms with van der Waals surface area (Å²) in [7, 11) is 3.46. The van der Waals surface area contributed by atoms with Crippen LogP contribution in [0.1, 0.15) is 0 Å². The van der Waals surface area contributed by atoms with Crippen molar-refractivity contribution in [3.05, 3.63) is 6.33 Å². The fraction of sp³-hybridized carbons (Fsp3) is 0.500. The summed E-state index contributed by atoms with van der Waals surface area (Å²) in [6, 6.07) is 0. The van der Waals surface area contributed by atoms with Crippen LogP contribution in [0.3, 0.4) is 0 Å². The third-order valence-electron chi connectivity index (χ3n) is 0.828. The summed E-state index contributed by atoms with van der Waals surface area (Å²) in [5, 5.41) is 8.17. The van der Waals surface area contributed by atoms with Gasteiger partial charge in [0.25, 0.3) is 0 Å². The molecule has 0 spiro atoms. The van der Waals surface area contributed by atoms with Crippen molar-refractivity contribution in [3.8, 4) is 0 Å². The molecule has 0 unspecified atom stereocenters. The second-order valence-corrected chi connectivity index (χ2v) is 2.34. The fourth-order valence-electron chi connectivity index (χ4n) is 0.423. The Balaban J connectivity index is 2.69. The van der Waals surface area contributed by atoms with Gasteiger partial charge < -0.3 is 8.75 Å². The topological polar surface area (TPSA) is 39.9 Å². The molecular weight excluding hydrogens is 138 g/mol. The molecule has 0 aliphatic rings. The largest absolute Gasteiger partial charge is 0.311 e. The summed E-state index contributed by atoms with van der Waals surface area (Å²) in [5.74, 6) is 0. The average molecular weight is 145 g/mol. The van der Waals surface area contributed by atoms with Crippen LogP contribution in [0.15, 0.2) is 11.5 Å². The van der Waals surface area contributed by atoms with Crippen LogP contribution in [0.4, 0.5) is 0 Å². The number of nitrogens with zero attached hydrogens (tertiary/aromatic N) is 3. The molecule has 50 valence electrons. The lowest BCUT2D eigenvalue weighted by Gasteiger charge is -1.93. The zero-order chi connectivity index (χ0) is 6.69. The van der Waals surface area contributed by atoms with Gasteiger partial charge in [-0.15, -0.1) is 10.2 Å². The minimum Gasteiger partial charge on any atom is -0.311 e. The molecule has 1 aromatic rings. The Hall–Kier alpha value is -0.550. The van der Waals surface area contributed by atoms with Crippen LogP contribution in [-0.4, -0.2) is 21.9 Å². The molecule has 9 heavy (non-hydrogen) atoms. The molecule has 0 aliphatic heterocycles. The maximum atomic E-state index is 4.76. The van der Waals surface area contributed by atoms with Gasteiger partial charge in [-0.3, -0.25) is 0 Å². The summed E-state index contributed by atoms with van der Waals surface area (Å²) in [6.07, 6.45) is 1.63. The van der Waals surface area contributed by atoms with Gasteiger partial charge in [0.15, 0.2) is 0 Å². The van der Waals surface area contributed by atoms with E-state index < -0.39 is 0 Å². The number of hydrogen-bond acceptors (Lipinski definition) is 4. The van der Waals surface area contributed by atoms with Crippen molar-refractivity contribution in [2.24, 2.45) is 7.05 Å². The van der Waals surface area contributed by atoms with Crippen molar-refractivity contribution in [2.45, 2.75) is 5.16 Å². The van der Waals surface area contributed by atoms with E-state index in [0.717, 1.165) is 5.16 Å². The Morgan fingerprint density at radius 1 is 1.78 bits per heavy atom. The number of aryl methyl sites for hydroxylation is 1. The van der Waals surface area contributed by atoms with Crippen LogP contribution in [0.5, 0.6) is 0 Å². The molecule has 5 heteroatoms. The maximum absolute atomic E-state index is 4.76. The van der Waals surface area contributed by atoms with E-state index in [2.05, 4.69) is 10.2 Å². The molecule has 1 aromatic heterocycles. The van der Waals surface area contributed by atoms with Crippen molar-refractivity contribution in [1.82, 2.24) is 14.8 Å². The van der Waals surface area contributed by atoms with E-state index in [-0.39, 0.29) is 0 Å². The minimum absolute atomic E-state index is 0.762. The first kappa shape index (κ1) is 6.57. The van der Waals surface area contributed by atoms with Gasteiger partial charge in [0.05, 0.1) is 19.2 Å². The van der Waals surface area contributed by atoms with Crippen molar-refractivity contribution >= 4 is 12.0 Å². The predicted octanol–water partition coefficient (Wildman–Crippen LogP) is 0.469. The molecule has 0 radical (unpaired) electrons. The number of aromatic nitrogens is 3. The molecule has 0 aromatic carbocycles. The highest BCUT2D eigenvalue weighted by Crippen LogP contribution is 2.11. The van der Waals surface area contributed by atoms with E-state index in [1.165, 1.54) is 12.0 Å². The lowest BCUT2D eigenvalue weighted by molar-refractivity contribution is 0.483. The number of rotatable bonds is 2. The highest BCUT2D eigenvalue weighted by molar-refractivity contribution is 7.94. The van der Waals surface area contributed by atoms with Gasteiger partial charge in [-0.25, -0.2) is 0 Å². The van der Waals surface area contributed by atoms with Gasteiger partial charge in [-0.1, -0.05) is 0 Å². The fourth-order valence-corrected chi connectivity index (χ4v) is 0.817. The SMILES string of the molecule is COSc1nncn1C. The Morgan fingerprint density at radius 3 is 3.00 bits per heavy atom. The molecule has 1 rings (SSSR count). The zero-order valence-corrected chi connectivity index (χ0v) is 6.05. The molecule has 0 aliphatic carbocycles. The van der Waals surface area contributed by atoms with Gasteiger partial charge >= 0.3 is 0 Å². The van der Waals surface area contributed by atoms with Crippen molar-refractivity contribution in [3.63, 3.8) is 0 Å². The monoisotopic (exact) mass is 145 g/mol. The first-order chi connectivity index (χ1) is 4.34. The highest BCUT2D eigenvalue weighted by atomic mass is 32.2. The Morgan fingerprint density at radius 2 is 2.56 bits per heavy atom. The molecular formula is C4H7N3OS. The third-order valence-corrected chi connectivity index (χ3v) is 1.51. The Kier molecular flexibility index (Phi) is 2.07. The van der Waals surface area contributed by atoms with Crippen molar-refractivity contribution in [1.29, 1.82) is 0 Å². The second-order valence-electron chi connectivity index (χ2n) is 1.47. The van der Waals surface area contributed by atoms with Gasteiger partial charge in [-0.2, -0.15) is 0 Å². The molecule has 0 atom stereocenters. The predicted molar refractivity (Wildman–Crippen MR) is 33.9 cm³/mol. The normalized spacial score (nSPS) is 10.0. The zero-order valence-electron chi connectivity index (χ0n) is 5.24. The van der Waals surface area contributed by atoms with Crippen LogP contribution < -0.4 is 0 Å². The summed E-state index contributed by atoms with van der Waals surface area (Å²) >= 11 is 1.20. The number of hydrogen-bond donors (Lipinski definition) is 0. The lowest BCUT2D eigenvalue weighted by Crippen LogP contribution is -1.87. The van der Waals surface area contributed by atoms with Crippen LogP contribution >= 0.6 is 12.0 Å². The van der Waals surface area contributed by atoms with E-state index in [0.29, 0.717) is 0 Å². The molecule has 0 fully saturated rings. The first-order valence-electron chi connectivity index (χ1n) is 2.39. The average Bonchev–Trinajstić information content (AvgIpc) is 2.18. The van der Waals surface area contributed by atoms with Crippen LogP contribution in [0.25, 0.3) is 0 Å². The maximum Gasteiger partial charge on any atom is 0.217 e. The Labute approximate surface area is 57.4 Å².